The van der Waals surface area contributed by atoms with Crippen LogP contribution in [0.3, 0.4) is 0 Å². The zero-order chi connectivity index (χ0) is 15.6. The van der Waals surface area contributed by atoms with Crippen molar-refractivity contribution in [3.63, 3.8) is 0 Å². The number of nitrogens with zero attached hydrogens (tertiary/aromatic N) is 2. The van der Waals surface area contributed by atoms with Crippen LogP contribution in [0.1, 0.15) is 25.7 Å². The number of fused-ring (bicyclic) bond motifs is 1. The van der Waals surface area contributed by atoms with Gasteiger partial charge in [0, 0.05) is 10.8 Å². The van der Waals surface area contributed by atoms with E-state index < -0.39 is 0 Å². The van der Waals surface area contributed by atoms with Gasteiger partial charge in [0.15, 0.2) is 0 Å². The van der Waals surface area contributed by atoms with E-state index in [1.165, 1.54) is 11.8 Å². The molecule has 3 aromatic rings. The Balaban J connectivity index is 1.62. The lowest BCUT2D eigenvalue weighted by atomic mass is 9.97. The normalized spacial score (nSPS) is 21.6. The third-order valence-corrected chi connectivity index (χ3v) is 5.57. The van der Waals surface area contributed by atoms with Gasteiger partial charge in [-0.2, -0.15) is 0 Å². The summed E-state index contributed by atoms with van der Waals surface area (Å²) in [4.78, 5) is 0. The van der Waals surface area contributed by atoms with Gasteiger partial charge in [0.2, 0.25) is 5.89 Å². The highest BCUT2D eigenvalue weighted by molar-refractivity contribution is 7.99. The molecule has 118 valence electrons. The van der Waals surface area contributed by atoms with E-state index >= 15 is 0 Å². The zero-order valence-corrected chi connectivity index (χ0v) is 13.5. The van der Waals surface area contributed by atoms with Gasteiger partial charge in [-0.15, -0.1) is 10.2 Å². The molecule has 1 aliphatic rings. The van der Waals surface area contributed by atoms with Crippen LogP contribution < -0.4 is 0 Å². The van der Waals surface area contributed by atoms with Crippen molar-refractivity contribution in [1.29, 1.82) is 0 Å². The van der Waals surface area contributed by atoms with Gasteiger partial charge in [-0.1, -0.05) is 61.0 Å². The number of aromatic nitrogens is 2. The predicted molar refractivity (Wildman–Crippen MR) is 91.4 cm³/mol. The summed E-state index contributed by atoms with van der Waals surface area (Å²) in [7, 11) is 0. The minimum Gasteiger partial charge on any atom is -0.411 e. The first-order chi connectivity index (χ1) is 11.3. The molecule has 4 nitrogen and oxygen atoms in total. The maximum absolute atomic E-state index is 10.1. The fourth-order valence-corrected chi connectivity index (χ4v) is 4.17. The molecule has 5 heteroatoms. The van der Waals surface area contributed by atoms with Crippen molar-refractivity contribution in [2.75, 3.05) is 0 Å². The molecular weight excluding hydrogens is 308 g/mol. The third kappa shape index (κ3) is 2.99. The number of hydrogen-bond donors (Lipinski definition) is 1. The molecule has 2 atom stereocenters. The molecule has 1 aliphatic carbocycles. The molecule has 0 spiro atoms. The molecule has 2 unspecified atom stereocenters. The minimum absolute atomic E-state index is 0.157. The van der Waals surface area contributed by atoms with Gasteiger partial charge in [0.25, 0.3) is 5.22 Å². The lowest BCUT2D eigenvalue weighted by Crippen LogP contribution is -2.26. The van der Waals surface area contributed by atoms with Crippen LogP contribution in [-0.2, 0) is 0 Å². The fourth-order valence-electron chi connectivity index (χ4n) is 3.12. The first-order valence-electron chi connectivity index (χ1n) is 7.97. The number of benzene rings is 2. The van der Waals surface area contributed by atoms with E-state index in [9.17, 15) is 5.11 Å². The van der Waals surface area contributed by atoms with Crippen molar-refractivity contribution in [1.82, 2.24) is 10.2 Å². The predicted octanol–water partition coefficient (Wildman–Crippen LogP) is 4.29. The van der Waals surface area contributed by atoms with E-state index in [-0.39, 0.29) is 11.4 Å². The molecule has 1 saturated carbocycles. The molecule has 23 heavy (non-hydrogen) atoms. The molecule has 0 aliphatic heterocycles. The summed E-state index contributed by atoms with van der Waals surface area (Å²) >= 11 is 1.50. The van der Waals surface area contributed by atoms with Crippen LogP contribution in [0.15, 0.2) is 52.1 Å². The Morgan fingerprint density at radius 1 is 1.00 bits per heavy atom. The molecule has 1 heterocycles. The summed E-state index contributed by atoms with van der Waals surface area (Å²) in [5.41, 5.74) is 0.951. The quantitative estimate of drug-likeness (QED) is 0.778. The van der Waals surface area contributed by atoms with Crippen molar-refractivity contribution in [2.45, 2.75) is 42.3 Å². The zero-order valence-electron chi connectivity index (χ0n) is 12.7. The number of aliphatic hydroxyl groups is 1. The summed E-state index contributed by atoms with van der Waals surface area (Å²) in [5, 5.41) is 21.4. The van der Waals surface area contributed by atoms with Crippen molar-refractivity contribution in [3.05, 3.63) is 42.5 Å². The average Bonchev–Trinajstić information content (AvgIpc) is 3.05. The van der Waals surface area contributed by atoms with Crippen LogP contribution in [0.25, 0.3) is 22.2 Å². The topological polar surface area (TPSA) is 59.2 Å². The van der Waals surface area contributed by atoms with Crippen molar-refractivity contribution >= 4 is 22.5 Å². The van der Waals surface area contributed by atoms with Gasteiger partial charge in [-0.05, 0) is 29.7 Å². The highest BCUT2D eigenvalue weighted by atomic mass is 32.2. The standard InChI is InChI=1S/C18H18N2O2S/c21-15-10-3-4-11-16(15)23-18-20-19-17(22-18)14-9-5-7-12-6-1-2-8-13(12)14/h1-2,5-9,15-16,21H,3-4,10-11H2. The van der Waals surface area contributed by atoms with Crippen LogP contribution in [0.5, 0.6) is 0 Å². The van der Waals surface area contributed by atoms with Crippen LogP contribution in [-0.4, -0.2) is 26.7 Å². The van der Waals surface area contributed by atoms with Crippen LogP contribution in [0.4, 0.5) is 0 Å². The van der Waals surface area contributed by atoms with Crippen LogP contribution in [0, 0.1) is 0 Å². The first kappa shape index (κ1) is 14.7. The number of thioether (sulfide) groups is 1. The molecule has 1 N–H and O–H groups in total. The van der Waals surface area contributed by atoms with Gasteiger partial charge in [0.1, 0.15) is 0 Å². The second kappa shape index (κ2) is 6.34. The Kier molecular flexibility index (Phi) is 4.06. The van der Waals surface area contributed by atoms with Crippen molar-refractivity contribution in [3.8, 4) is 11.5 Å². The van der Waals surface area contributed by atoms with Gasteiger partial charge in [-0.3, -0.25) is 0 Å². The summed E-state index contributed by atoms with van der Waals surface area (Å²) in [6.07, 6.45) is 3.84. The third-order valence-electron chi connectivity index (χ3n) is 4.35. The SMILES string of the molecule is OC1CCCCC1Sc1nnc(-c2cccc3ccccc23)o1. The smallest absolute Gasteiger partial charge is 0.277 e. The summed E-state index contributed by atoms with van der Waals surface area (Å²) < 4.78 is 5.86. The number of aliphatic hydroxyl groups excluding tert-OH is 1. The van der Waals surface area contributed by atoms with Gasteiger partial charge in [0.05, 0.1) is 6.10 Å². The Morgan fingerprint density at radius 3 is 2.74 bits per heavy atom. The Morgan fingerprint density at radius 2 is 1.83 bits per heavy atom. The van der Waals surface area contributed by atoms with Crippen LogP contribution in [0.2, 0.25) is 0 Å². The van der Waals surface area contributed by atoms with E-state index in [0.717, 1.165) is 42.0 Å². The molecule has 0 radical (unpaired) electrons. The first-order valence-corrected chi connectivity index (χ1v) is 8.85. The minimum atomic E-state index is -0.276. The fraction of sp³-hybridized carbons (Fsp3) is 0.333. The van der Waals surface area contributed by atoms with E-state index in [4.69, 9.17) is 4.42 Å². The highest BCUT2D eigenvalue weighted by Gasteiger charge is 2.26. The Hall–Kier alpha value is -1.85. The van der Waals surface area contributed by atoms with E-state index in [2.05, 4.69) is 28.4 Å². The van der Waals surface area contributed by atoms with E-state index in [1.807, 2.05) is 24.3 Å². The largest absolute Gasteiger partial charge is 0.411 e. The molecule has 1 fully saturated rings. The average molecular weight is 326 g/mol. The summed E-state index contributed by atoms with van der Waals surface area (Å²) in [6, 6.07) is 14.2. The molecule has 4 rings (SSSR count). The molecular formula is C18H18N2O2S. The molecule has 2 aromatic carbocycles. The molecule has 0 amide bonds. The van der Waals surface area contributed by atoms with Gasteiger partial charge < -0.3 is 9.52 Å². The molecule has 0 saturated heterocycles. The molecule has 1 aromatic heterocycles. The Bertz CT molecular complexity index is 812. The van der Waals surface area contributed by atoms with Crippen molar-refractivity contribution < 1.29 is 9.52 Å². The monoisotopic (exact) mass is 326 g/mol. The van der Waals surface area contributed by atoms with E-state index in [1.54, 1.807) is 0 Å². The van der Waals surface area contributed by atoms with Crippen LogP contribution >= 0.6 is 11.8 Å². The lowest BCUT2D eigenvalue weighted by Gasteiger charge is -2.25. The van der Waals surface area contributed by atoms with Gasteiger partial charge >= 0.3 is 0 Å². The van der Waals surface area contributed by atoms with Gasteiger partial charge in [-0.25, -0.2) is 0 Å². The highest BCUT2D eigenvalue weighted by Crippen LogP contribution is 2.35. The second-order valence-corrected chi connectivity index (χ2v) is 7.10. The maximum Gasteiger partial charge on any atom is 0.277 e. The summed E-state index contributed by atoms with van der Waals surface area (Å²) in [5.74, 6) is 0.537. The Labute approximate surface area is 138 Å². The number of hydrogen-bond acceptors (Lipinski definition) is 5. The summed E-state index contributed by atoms with van der Waals surface area (Å²) in [6.45, 7) is 0. The second-order valence-electron chi connectivity index (χ2n) is 5.91. The molecule has 0 bridgehead atoms. The number of rotatable bonds is 3. The maximum atomic E-state index is 10.1. The lowest BCUT2D eigenvalue weighted by molar-refractivity contribution is 0.136. The van der Waals surface area contributed by atoms with E-state index in [0.29, 0.717) is 11.1 Å². The van der Waals surface area contributed by atoms with Crippen molar-refractivity contribution in [2.24, 2.45) is 0 Å².